The van der Waals surface area contributed by atoms with Crippen LogP contribution in [0.3, 0.4) is 0 Å². The fourth-order valence-corrected chi connectivity index (χ4v) is 4.02. The Bertz CT molecular complexity index is 431. The summed E-state index contributed by atoms with van der Waals surface area (Å²) in [4.78, 5) is 4.31. The van der Waals surface area contributed by atoms with Gasteiger partial charge in [-0.1, -0.05) is 27.2 Å². The van der Waals surface area contributed by atoms with E-state index in [0.29, 0.717) is 11.5 Å². The van der Waals surface area contributed by atoms with E-state index >= 15 is 0 Å². The monoisotopic (exact) mass is 338 g/mol. The smallest absolute Gasteiger partial charge is 0.0410 e. The molecular weight excluding hydrogens is 312 g/mol. The predicted molar refractivity (Wildman–Crippen MR) is 88.8 cm³/mol. The van der Waals surface area contributed by atoms with E-state index in [1.807, 2.05) is 12.4 Å². The van der Waals surface area contributed by atoms with E-state index in [9.17, 15) is 0 Å². The van der Waals surface area contributed by atoms with Crippen molar-refractivity contribution in [1.29, 1.82) is 0 Å². The van der Waals surface area contributed by atoms with Crippen molar-refractivity contribution in [1.82, 2.24) is 10.3 Å². The maximum absolute atomic E-state index is 4.31. The fourth-order valence-electron chi connectivity index (χ4n) is 3.61. The van der Waals surface area contributed by atoms with Crippen LogP contribution in [0.15, 0.2) is 22.9 Å². The Balaban J connectivity index is 2.11. The molecule has 3 heteroatoms. The van der Waals surface area contributed by atoms with Crippen LogP contribution in [0, 0.1) is 11.3 Å². The van der Waals surface area contributed by atoms with Gasteiger partial charge < -0.3 is 5.32 Å². The third-order valence-corrected chi connectivity index (χ3v) is 5.13. The molecular formula is C17H27BrN2. The molecule has 1 fully saturated rings. The number of aromatic nitrogens is 1. The van der Waals surface area contributed by atoms with Crippen molar-refractivity contribution in [3.8, 4) is 0 Å². The summed E-state index contributed by atoms with van der Waals surface area (Å²) in [7, 11) is 0. The highest BCUT2D eigenvalue weighted by atomic mass is 79.9. The van der Waals surface area contributed by atoms with E-state index in [4.69, 9.17) is 0 Å². The van der Waals surface area contributed by atoms with Gasteiger partial charge in [0.2, 0.25) is 0 Å². The van der Waals surface area contributed by atoms with Gasteiger partial charge in [-0.2, -0.15) is 0 Å². The first-order valence-electron chi connectivity index (χ1n) is 7.86. The van der Waals surface area contributed by atoms with Crippen LogP contribution >= 0.6 is 15.9 Å². The molecule has 20 heavy (non-hydrogen) atoms. The van der Waals surface area contributed by atoms with Gasteiger partial charge in [-0.15, -0.1) is 0 Å². The molecule has 0 amide bonds. The Morgan fingerprint density at radius 3 is 2.85 bits per heavy atom. The van der Waals surface area contributed by atoms with Crippen LogP contribution in [0.4, 0.5) is 0 Å². The summed E-state index contributed by atoms with van der Waals surface area (Å²) in [6.07, 6.45) is 10.2. The van der Waals surface area contributed by atoms with Gasteiger partial charge in [0.15, 0.2) is 0 Å². The van der Waals surface area contributed by atoms with Crippen molar-refractivity contribution >= 4 is 15.9 Å². The molecule has 1 saturated carbocycles. The zero-order valence-electron chi connectivity index (χ0n) is 13.0. The first kappa shape index (κ1) is 16.0. The number of nitrogens with zero attached hydrogens (tertiary/aromatic N) is 1. The summed E-state index contributed by atoms with van der Waals surface area (Å²) in [5.41, 5.74) is 1.79. The first-order chi connectivity index (χ1) is 9.53. The number of hydrogen-bond donors (Lipinski definition) is 1. The molecule has 112 valence electrons. The van der Waals surface area contributed by atoms with Crippen molar-refractivity contribution in [3.63, 3.8) is 0 Å². The normalized spacial score (nSPS) is 22.9. The van der Waals surface area contributed by atoms with Crippen LogP contribution < -0.4 is 5.32 Å². The summed E-state index contributed by atoms with van der Waals surface area (Å²) in [6.45, 7) is 8.22. The number of hydrogen-bond acceptors (Lipinski definition) is 2. The predicted octanol–water partition coefficient (Wildman–Crippen LogP) is 4.58. The Hall–Kier alpha value is -0.410. The van der Waals surface area contributed by atoms with Crippen molar-refractivity contribution in [2.75, 3.05) is 6.54 Å². The summed E-state index contributed by atoms with van der Waals surface area (Å²) in [5.74, 6) is 0.771. The maximum atomic E-state index is 4.31. The van der Waals surface area contributed by atoms with E-state index in [-0.39, 0.29) is 0 Å². The number of halogens is 1. The first-order valence-corrected chi connectivity index (χ1v) is 8.65. The van der Waals surface area contributed by atoms with Gasteiger partial charge in [-0.3, -0.25) is 4.98 Å². The number of nitrogens with one attached hydrogen (secondary N) is 1. The van der Waals surface area contributed by atoms with E-state index in [1.165, 1.54) is 31.2 Å². The lowest BCUT2D eigenvalue weighted by atomic mass is 9.76. The van der Waals surface area contributed by atoms with Crippen molar-refractivity contribution in [2.24, 2.45) is 11.3 Å². The molecule has 2 rings (SSSR count). The quantitative estimate of drug-likeness (QED) is 0.820. The van der Waals surface area contributed by atoms with Crippen LogP contribution in [0.25, 0.3) is 0 Å². The summed E-state index contributed by atoms with van der Waals surface area (Å²) in [5, 5.41) is 3.79. The molecule has 1 aromatic heterocycles. The van der Waals surface area contributed by atoms with Gasteiger partial charge in [0.05, 0.1) is 0 Å². The summed E-state index contributed by atoms with van der Waals surface area (Å²) >= 11 is 3.53. The lowest BCUT2D eigenvalue weighted by molar-refractivity contribution is 0.195. The van der Waals surface area contributed by atoms with Gasteiger partial charge >= 0.3 is 0 Å². The average Bonchev–Trinajstić information content (AvgIpc) is 2.74. The molecule has 1 aliphatic carbocycles. The number of pyridine rings is 1. The molecule has 1 aromatic rings. The van der Waals surface area contributed by atoms with Crippen LogP contribution in [-0.4, -0.2) is 17.6 Å². The lowest BCUT2D eigenvalue weighted by Gasteiger charge is -2.35. The fraction of sp³-hybridized carbons (Fsp3) is 0.706. The minimum Gasteiger partial charge on any atom is -0.313 e. The SMILES string of the molecule is CCCNC(Cc1cncc(Br)c1)C1CCCC1(C)C. The molecule has 1 N–H and O–H groups in total. The van der Waals surface area contributed by atoms with Gasteiger partial charge in [0.25, 0.3) is 0 Å². The average molecular weight is 339 g/mol. The van der Waals surface area contributed by atoms with Crippen molar-refractivity contribution in [3.05, 3.63) is 28.5 Å². The summed E-state index contributed by atoms with van der Waals surface area (Å²) < 4.78 is 1.08. The van der Waals surface area contributed by atoms with Crippen LogP contribution in [0.5, 0.6) is 0 Å². The second-order valence-electron chi connectivity index (χ2n) is 6.76. The van der Waals surface area contributed by atoms with E-state index in [0.717, 1.165) is 23.4 Å². The molecule has 0 aliphatic heterocycles. The highest BCUT2D eigenvalue weighted by Crippen LogP contribution is 2.45. The maximum Gasteiger partial charge on any atom is 0.0410 e. The molecule has 0 saturated heterocycles. The second kappa shape index (κ2) is 7.04. The summed E-state index contributed by atoms with van der Waals surface area (Å²) in [6, 6.07) is 2.78. The van der Waals surface area contributed by atoms with Gasteiger partial charge in [0, 0.05) is 22.9 Å². The molecule has 0 spiro atoms. The van der Waals surface area contributed by atoms with E-state index < -0.39 is 0 Å². The number of rotatable bonds is 6. The van der Waals surface area contributed by atoms with Crippen LogP contribution in [-0.2, 0) is 6.42 Å². The molecule has 1 heterocycles. The van der Waals surface area contributed by atoms with Crippen molar-refractivity contribution < 1.29 is 0 Å². The largest absolute Gasteiger partial charge is 0.313 e. The van der Waals surface area contributed by atoms with Gasteiger partial charge in [-0.25, -0.2) is 0 Å². The molecule has 0 aromatic carbocycles. The highest BCUT2D eigenvalue weighted by molar-refractivity contribution is 9.10. The minimum atomic E-state index is 0.463. The van der Waals surface area contributed by atoms with E-state index in [1.54, 1.807) is 0 Å². The zero-order chi connectivity index (χ0) is 14.6. The molecule has 0 bridgehead atoms. The topological polar surface area (TPSA) is 24.9 Å². The molecule has 2 atom stereocenters. The van der Waals surface area contributed by atoms with Crippen LogP contribution in [0.2, 0.25) is 0 Å². The molecule has 0 radical (unpaired) electrons. The third kappa shape index (κ3) is 4.05. The minimum absolute atomic E-state index is 0.463. The van der Waals surface area contributed by atoms with Crippen molar-refractivity contribution in [2.45, 2.75) is 58.9 Å². The highest BCUT2D eigenvalue weighted by Gasteiger charge is 2.39. The second-order valence-corrected chi connectivity index (χ2v) is 7.68. The third-order valence-electron chi connectivity index (χ3n) is 4.70. The Kier molecular flexibility index (Phi) is 5.62. The standard InChI is InChI=1S/C17H27BrN2/c1-4-8-20-16(15-6-5-7-17(15,2)3)10-13-9-14(18)12-19-11-13/h9,11-12,15-16,20H,4-8,10H2,1-3H3. The Morgan fingerprint density at radius 2 is 2.25 bits per heavy atom. The molecule has 2 nitrogen and oxygen atoms in total. The van der Waals surface area contributed by atoms with E-state index in [2.05, 4.69) is 53.1 Å². The van der Waals surface area contributed by atoms with Gasteiger partial charge in [-0.05, 0) is 71.1 Å². The van der Waals surface area contributed by atoms with Crippen LogP contribution in [0.1, 0.15) is 52.0 Å². The molecule has 1 aliphatic rings. The lowest BCUT2D eigenvalue weighted by Crippen LogP contribution is -2.42. The Labute approximate surface area is 131 Å². The van der Waals surface area contributed by atoms with Gasteiger partial charge in [0.1, 0.15) is 0 Å². The zero-order valence-corrected chi connectivity index (χ0v) is 14.5. The Morgan fingerprint density at radius 1 is 1.45 bits per heavy atom. The molecule has 2 unspecified atom stereocenters.